The van der Waals surface area contributed by atoms with Crippen molar-refractivity contribution in [1.82, 2.24) is 15.5 Å². The molecule has 1 atom stereocenters. The molecule has 17 heavy (non-hydrogen) atoms. The Morgan fingerprint density at radius 1 is 1.35 bits per heavy atom. The molecular formula is C13H15N3O. The van der Waals surface area contributed by atoms with Crippen LogP contribution in [0.25, 0.3) is 11.3 Å². The van der Waals surface area contributed by atoms with Gasteiger partial charge in [-0.25, -0.2) is 0 Å². The van der Waals surface area contributed by atoms with Crippen molar-refractivity contribution in [3.8, 4) is 17.0 Å². The molecule has 0 saturated heterocycles. The monoisotopic (exact) mass is 229 g/mol. The molecule has 1 heterocycles. The van der Waals surface area contributed by atoms with Crippen LogP contribution in [0.5, 0.6) is 5.75 Å². The maximum Gasteiger partial charge on any atom is 0.115 e. The highest BCUT2D eigenvalue weighted by atomic mass is 16.3. The van der Waals surface area contributed by atoms with Gasteiger partial charge in [0.25, 0.3) is 0 Å². The summed E-state index contributed by atoms with van der Waals surface area (Å²) in [7, 11) is 1.98. The lowest BCUT2D eigenvalue weighted by atomic mass is 10.0. The van der Waals surface area contributed by atoms with Gasteiger partial charge in [-0.15, -0.1) is 0 Å². The molecule has 4 nitrogen and oxygen atoms in total. The Bertz CT molecular complexity index is 530. The first-order chi connectivity index (χ1) is 8.29. The lowest BCUT2D eigenvalue weighted by Gasteiger charge is -2.10. The predicted octanol–water partition coefficient (Wildman–Crippen LogP) is 1.99. The second-order valence-electron chi connectivity index (χ2n) is 4.39. The van der Waals surface area contributed by atoms with Gasteiger partial charge >= 0.3 is 0 Å². The van der Waals surface area contributed by atoms with E-state index in [9.17, 15) is 5.11 Å². The normalized spacial score (nSPS) is 18.3. The quantitative estimate of drug-likeness (QED) is 0.738. The summed E-state index contributed by atoms with van der Waals surface area (Å²) in [6.07, 6.45) is 2.16. The largest absolute Gasteiger partial charge is 0.508 e. The maximum atomic E-state index is 9.31. The van der Waals surface area contributed by atoms with E-state index in [1.54, 1.807) is 12.1 Å². The van der Waals surface area contributed by atoms with Gasteiger partial charge in [-0.05, 0) is 44.2 Å². The molecule has 1 unspecified atom stereocenters. The molecule has 88 valence electrons. The van der Waals surface area contributed by atoms with Crippen LogP contribution in [0.2, 0.25) is 0 Å². The van der Waals surface area contributed by atoms with E-state index in [1.165, 1.54) is 11.3 Å². The van der Waals surface area contributed by atoms with Gasteiger partial charge in [0.05, 0.1) is 5.69 Å². The van der Waals surface area contributed by atoms with Crippen LogP contribution in [0.15, 0.2) is 24.3 Å². The highest BCUT2D eigenvalue weighted by Crippen LogP contribution is 2.37. The number of benzene rings is 1. The highest BCUT2D eigenvalue weighted by molar-refractivity contribution is 5.66. The molecule has 1 aromatic heterocycles. The van der Waals surface area contributed by atoms with Gasteiger partial charge in [0.1, 0.15) is 5.75 Å². The van der Waals surface area contributed by atoms with E-state index >= 15 is 0 Å². The predicted molar refractivity (Wildman–Crippen MR) is 65.8 cm³/mol. The third-order valence-corrected chi connectivity index (χ3v) is 3.40. The Morgan fingerprint density at radius 3 is 2.82 bits per heavy atom. The molecule has 0 spiro atoms. The molecule has 0 saturated carbocycles. The number of hydrogen-bond donors (Lipinski definition) is 3. The molecule has 2 aromatic rings. The first-order valence-electron chi connectivity index (χ1n) is 5.83. The SMILES string of the molecule is CNC1CCc2[nH]nc(-c3ccc(O)cc3)c21. The van der Waals surface area contributed by atoms with Crippen LogP contribution in [0, 0.1) is 0 Å². The first kappa shape index (κ1) is 10.4. The maximum absolute atomic E-state index is 9.31. The minimum absolute atomic E-state index is 0.283. The fraction of sp³-hybridized carbons (Fsp3) is 0.308. The van der Waals surface area contributed by atoms with Crippen molar-refractivity contribution in [2.45, 2.75) is 18.9 Å². The van der Waals surface area contributed by atoms with Gasteiger partial charge < -0.3 is 10.4 Å². The van der Waals surface area contributed by atoms with E-state index < -0.39 is 0 Å². The van der Waals surface area contributed by atoms with Crippen molar-refractivity contribution in [2.24, 2.45) is 0 Å². The second kappa shape index (κ2) is 3.89. The van der Waals surface area contributed by atoms with Gasteiger partial charge in [-0.2, -0.15) is 5.10 Å². The number of nitrogens with one attached hydrogen (secondary N) is 2. The molecule has 3 N–H and O–H groups in total. The summed E-state index contributed by atoms with van der Waals surface area (Å²) in [4.78, 5) is 0. The molecule has 3 rings (SSSR count). The van der Waals surface area contributed by atoms with Crippen LogP contribution >= 0.6 is 0 Å². The number of rotatable bonds is 2. The number of phenolic OH excluding ortho intramolecular Hbond substituents is 1. The average Bonchev–Trinajstić information content (AvgIpc) is 2.91. The van der Waals surface area contributed by atoms with Crippen molar-refractivity contribution in [3.63, 3.8) is 0 Å². The van der Waals surface area contributed by atoms with Crippen molar-refractivity contribution in [2.75, 3.05) is 7.05 Å². The zero-order chi connectivity index (χ0) is 11.8. The molecule has 1 aliphatic carbocycles. The van der Waals surface area contributed by atoms with Crippen molar-refractivity contribution in [3.05, 3.63) is 35.5 Å². The Labute approximate surface area is 99.7 Å². The summed E-state index contributed by atoms with van der Waals surface area (Å²) >= 11 is 0. The minimum Gasteiger partial charge on any atom is -0.508 e. The van der Waals surface area contributed by atoms with E-state index in [2.05, 4.69) is 15.5 Å². The number of aromatic hydroxyl groups is 1. The summed E-state index contributed by atoms with van der Waals surface area (Å²) in [6, 6.07) is 7.57. The number of aryl methyl sites for hydroxylation is 1. The Balaban J connectivity index is 2.07. The molecular weight excluding hydrogens is 214 g/mol. The summed E-state index contributed by atoms with van der Waals surface area (Å²) in [5, 5.41) is 20.1. The number of hydrogen-bond acceptors (Lipinski definition) is 3. The Morgan fingerprint density at radius 2 is 2.12 bits per heavy atom. The van der Waals surface area contributed by atoms with Crippen LogP contribution in [0.1, 0.15) is 23.7 Å². The number of aromatic nitrogens is 2. The van der Waals surface area contributed by atoms with Crippen molar-refractivity contribution in [1.29, 1.82) is 0 Å². The third-order valence-electron chi connectivity index (χ3n) is 3.40. The second-order valence-corrected chi connectivity index (χ2v) is 4.39. The van der Waals surface area contributed by atoms with Crippen LogP contribution in [-0.2, 0) is 6.42 Å². The van der Waals surface area contributed by atoms with Gasteiger partial charge in [0.2, 0.25) is 0 Å². The van der Waals surface area contributed by atoms with E-state index in [1.807, 2.05) is 19.2 Å². The lowest BCUT2D eigenvalue weighted by Crippen LogP contribution is -2.13. The smallest absolute Gasteiger partial charge is 0.115 e. The topological polar surface area (TPSA) is 60.9 Å². The van der Waals surface area contributed by atoms with E-state index in [4.69, 9.17) is 0 Å². The van der Waals surface area contributed by atoms with Crippen LogP contribution < -0.4 is 5.32 Å². The summed E-state index contributed by atoms with van der Waals surface area (Å²) < 4.78 is 0. The van der Waals surface area contributed by atoms with Gasteiger partial charge in [-0.3, -0.25) is 5.10 Å². The lowest BCUT2D eigenvalue weighted by molar-refractivity contribution is 0.475. The fourth-order valence-corrected chi connectivity index (χ4v) is 2.51. The number of fused-ring (bicyclic) bond motifs is 1. The highest BCUT2D eigenvalue weighted by Gasteiger charge is 2.27. The Hall–Kier alpha value is -1.81. The molecule has 4 heteroatoms. The van der Waals surface area contributed by atoms with E-state index in [0.29, 0.717) is 6.04 Å². The van der Waals surface area contributed by atoms with Crippen LogP contribution in [0.3, 0.4) is 0 Å². The first-order valence-corrected chi connectivity index (χ1v) is 5.83. The van der Waals surface area contributed by atoms with Gasteiger partial charge in [0, 0.05) is 22.9 Å². The molecule has 0 radical (unpaired) electrons. The van der Waals surface area contributed by atoms with Crippen molar-refractivity contribution >= 4 is 0 Å². The van der Waals surface area contributed by atoms with Crippen LogP contribution in [-0.4, -0.2) is 22.4 Å². The molecule has 0 amide bonds. The number of aromatic amines is 1. The van der Waals surface area contributed by atoms with Crippen molar-refractivity contribution < 1.29 is 5.11 Å². The minimum atomic E-state index is 0.283. The standard InChI is InChI=1S/C13H15N3O/c1-14-10-6-7-11-12(10)13(16-15-11)8-2-4-9(17)5-3-8/h2-5,10,14,17H,6-7H2,1H3,(H,15,16). The third kappa shape index (κ3) is 1.61. The van der Waals surface area contributed by atoms with Gasteiger partial charge in [0.15, 0.2) is 0 Å². The molecule has 1 aliphatic rings. The summed E-state index contributed by atoms with van der Waals surface area (Å²) in [5.74, 6) is 0.283. The molecule has 0 fully saturated rings. The number of phenols is 1. The average molecular weight is 229 g/mol. The van der Waals surface area contributed by atoms with E-state index in [-0.39, 0.29) is 5.75 Å². The van der Waals surface area contributed by atoms with Gasteiger partial charge in [-0.1, -0.05) is 0 Å². The zero-order valence-electron chi connectivity index (χ0n) is 9.70. The van der Waals surface area contributed by atoms with Crippen LogP contribution in [0.4, 0.5) is 0 Å². The fourth-order valence-electron chi connectivity index (χ4n) is 2.51. The molecule has 0 aliphatic heterocycles. The number of H-pyrrole nitrogens is 1. The summed E-state index contributed by atoms with van der Waals surface area (Å²) in [6.45, 7) is 0. The van der Waals surface area contributed by atoms with E-state index in [0.717, 1.165) is 24.1 Å². The summed E-state index contributed by atoms with van der Waals surface area (Å²) in [5.41, 5.74) is 4.55. The Kier molecular flexibility index (Phi) is 2.37. The zero-order valence-corrected chi connectivity index (χ0v) is 9.70. The number of nitrogens with zero attached hydrogens (tertiary/aromatic N) is 1. The molecule has 1 aromatic carbocycles. The molecule has 0 bridgehead atoms.